The summed E-state index contributed by atoms with van der Waals surface area (Å²) in [5, 5.41) is 14.0. The molecule has 0 spiro atoms. The third-order valence-corrected chi connectivity index (χ3v) is 2.06. The van der Waals surface area contributed by atoms with E-state index in [2.05, 4.69) is 4.98 Å². The molecule has 0 aliphatic rings. The fourth-order valence-corrected chi connectivity index (χ4v) is 1.34. The van der Waals surface area contributed by atoms with Gasteiger partial charge in [0.1, 0.15) is 5.75 Å². The van der Waals surface area contributed by atoms with Gasteiger partial charge in [0.15, 0.2) is 0 Å². The average molecular weight is 230 g/mol. The molecule has 0 unspecified atom stereocenters. The Hall–Kier alpha value is -1.85. The van der Waals surface area contributed by atoms with Gasteiger partial charge in [-0.15, -0.1) is 0 Å². The molecule has 2 rings (SSSR count). The number of aromatic nitrogens is 1. The van der Waals surface area contributed by atoms with Gasteiger partial charge in [0, 0.05) is 18.0 Å². The Bertz CT molecular complexity index is 437. The zero-order valence-corrected chi connectivity index (χ0v) is 9.45. The highest BCUT2D eigenvalue weighted by Gasteiger charge is 1.97. The largest absolute Gasteiger partial charge is 0.497 e. The number of hydrogen-bond donors (Lipinski definition) is 2. The number of ether oxygens (including phenoxy) is 1. The van der Waals surface area contributed by atoms with Crippen LogP contribution in [0.5, 0.6) is 5.75 Å². The molecule has 1 aromatic heterocycles. The molecular formula is C12H13BNO3. The lowest BCUT2D eigenvalue weighted by molar-refractivity contribution is 0.415. The summed E-state index contributed by atoms with van der Waals surface area (Å²) in [4.78, 5) is 4.08. The van der Waals surface area contributed by atoms with E-state index >= 15 is 0 Å². The van der Waals surface area contributed by atoms with Gasteiger partial charge in [-0.25, -0.2) is 0 Å². The highest BCUT2D eigenvalue weighted by Crippen LogP contribution is 2.22. The van der Waals surface area contributed by atoms with Gasteiger partial charge in [-0.2, -0.15) is 0 Å². The van der Waals surface area contributed by atoms with Crippen LogP contribution in [0.4, 0.5) is 0 Å². The van der Waals surface area contributed by atoms with Crippen LogP contribution in [0.15, 0.2) is 48.8 Å². The molecule has 0 amide bonds. The first-order valence-corrected chi connectivity index (χ1v) is 4.96. The Kier molecular flexibility index (Phi) is 5.78. The van der Waals surface area contributed by atoms with Crippen molar-refractivity contribution in [1.82, 2.24) is 4.98 Å². The molecule has 4 nitrogen and oxygen atoms in total. The first-order chi connectivity index (χ1) is 8.31. The molecule has 1 aromatic carbocycles. The minimum Gasteiger partial charge on any atom is -0.497 e. The Morgan fingerprint density at radius 2 is 1.82 bits per heavy atom. The van der Waals surface area contributed by atoms with Crippen LogP contribution in [-0.4, -0.2) is 29.8 Å². The summed E-state index contributed by atoms with van der Waals surface area (Å²) >= 11 is 0. The average Bonchev–Trinajstić information content (AvgIpc) is 2.41. The predicted molar refractivity (Wildman–Crippen MR) is 66.4 cm³/mol. The van der Waals surface area contributed by atoms with Crippen LogP contribution < -0.4 is 4.74 Å². The van der Waals surface area contributed by atoms with Crippen molar-refractivity contribution in [2.75, 3.05) is 7.11 Å². The second kappa shape index (κ2) is 7.43. The van der Waals surface area contributed by atoms with Gasteiger partial charge in [-0.3, -0.25) is 4.98 Å². The van der Waals surface area contributed by atoms with Crippen LogP contribution in [0.2, 0.25) is 0 Å². The van der Waals surface area contributed by atoms with E-state index in [9.17, 15) is 0 Å². The van der Waals surface area contributed by atoms with Gasteiger partial charge in [-0.1, -0.05) is 18.2 Å². The Morgan fingerprint density at radius 1 is 1.12 bits per heavy atom. The lowest BCUT2D eigenvalue weighted by Gasteiger charge is -2.03. The van der Waals surface area contributed by atoms with Crippen molar-refractivity contribution >= 4 is 7.69 Å². The summed E-state index contributed by atoms with van der Waals surface area (Å²) in [6, 6.07) is 11.9. The van der Waals surface area contributed by atoms with Crippen LogP contribution in [0.3, 0.4) is 0 Å². The van der Waals surface area contributed by atoms with Crippen molar-refractivity contribution in [3.8, 4) is 16.9 Å². The van der Waals surface area contributed by atoms with E-state index in [0.717, 1.165) is 16.9 Å². The van der Waals surface area contributed by atoms with Crippen molar-refractivity contribution < 1.29 is 14.8 Å². The smallest absolute Gasteiger partial charge is 0.482 e. The second-order valence-electron chi connectivity index (χ2n) is 3.09. The fraction of sp³-hybridized carbons (Fsp3) is 0.0833. The highest BCUT2D eigenvalue weighted by molar-refractivity contribution is 6.13. The number of pyridine rings is 1. The molecule has 0 saturated carbocycles. The van der Waals surface area contributed by atoms with Crippen LogP contribution in [0, 0.1) is 0 Å². The normalized spacial score (nSPS) is 8.88. The number of hydrogen-bond acceptors (Lipinski definition) is 4. The van der Waals surface area contributed by atoms with Crippen molar-refractivity contribution in [2.24, 2.45) is 0 Å². The summed E-state index contributed by atoms with van der Waals surface area (Å²) in [5.41, 5.74) is 2.23. The molecule has 0 aliphatic heterocycles. The molecule has 5 heteroatoms. The Morgan fingerprint density at radius 3 is 2.41 bits per heavy atom. The predicted octanol–water partition coefficient (Wildman–Crippen LogP) is 1.26. The Balaban J connectivity index is 0.000000437. The first kappa shape index (κ1) is 13.2. The van der Waals surface area contributed by atoms with E-state index in [1.54, 1.807) is 13.3 Å². The van der Waals surface area contributed by atoms with E-state index < -0.39 is 0 Å². The number of nitrogens with zero attached hydrogens (tertiary/aromatic N) is 1. The van der Waals surface area contributed by atoms with Crippen LogP contribution >= 0.6 is 0 Å². The molecular weight excluding hydrogens is 217 g/mol. The SMILES string of the molecule is COc1cccc(-c2cccnc2)c1.O[B]O. The summed E-state index contributed by atoms with van der Waals surface area (Å²) in [7, 11) is 1.67. The molecule has 0 saturated heterocycles. The van der Waals surface area contributed by atoms with Crippen molar-refractivity contribution in [2.45, 2.75) is 0 Å². The van der Waals surface area contributed by atoms with Crippen LogP contribution in [0.1, 0.15) is 0 Å². The molecule has 1 radical (unpaired) electrons. The Labute approximate surface area is 101 Å². The fourth-order valence-electron chi connectivity index (χ4n) is 1.34. The molecule has 2 aromatic rings. The summed E-state index contributed by atoms with van der Waals surface area (Å²) < 4.78 is 5.16. The van der Waals surface area contributed by atoms with E-state index in [1.807, 2.05) is 42.6 Å². The molecule has 17 heavy (non-hydrogen) atoms. The molecule has 0 fully saturated rings. The van der Waals surface area contributed by atoms with Gasteiger partial charge in [0.2, 0.25) is 0 Å². The molecule has 0 aliphatic carbocycles. The summed E-state index contributed by atoms with van der Waals surface area (Å²) in [6.45, 7) is 0. The van der Waals surface area contributed by atoms with E-state index in [-0.39, 0.29) is 7.69 Å². The van der Waals surface area contributed by atoms with Crippen molar-refractivity contribution in [3.63, 3.8) is 0 Å². The number of methoxy groups -OCH3 is 1. The lowest BCUT2D eigenvalue weighted by Crippen LogP contribution is -1.83. The molecule has 0 bridgehead atoms. The van der Waals surface area contributed by atoms with Crippen LogP contribution in [-0.2, 0) is 0 Å². The lowest BCUT2D eigenvalue weighted by atomic mass is 10.1. The van der Waals surface area contributed by atoms with Crippen molar-refractivity contribution in [3.05, 3.63) is 48.8 Å². The maximum absolute atomic E-state index is 7.00. The third kappa shape index (κ3) is 4.26. The minimum absolute atomic E-state index is 0. The maximum Gasteiger partial charge on any atom is 0.482 e. The van der Waals surface area contributed by atoms with Gasteiger partial charge in [0.05, 0.1) is 7.11 Å². The van der Waals surface area contributed by atoms with Crippen LogP contribution in [0.25, 0.3) is 11.1 Å². The zero-order valence-electron chi connectivity index (χ0n) is 9.45. The van der Waals surface area contributed by atoms with Crippen molar-refractivity contribution in [1.29, 1.82) is 0 Å². The standard InChI is InChI=1S/C12H11NO.BH2O2/c1-14-12-6-2-4-10(8-12)11-5-3-7-13-9-11;2-1-3/h2-9H,1H3;2-3H. The quantitative estimate of drug-likeness (QED) is 0.762. The number of rotatable bonds is 2. The molecule has 2 N–H and O–H groups in total. The van der Waals surface area contributed by atoms with E-state index in [0.29, 0.717) is 0 Å². The summed E-state index contributed by atoms with van der Waals surface area (Å²) in [6.07, 6.45) is 3.61. The molecule has 1 heterocycles. The van der Waals surface area contributed by atoms with Gasteiger partial charge in [0.25, 0.3) is 0 Å². The van der Waals surface area contributed by atoms with Gasteiger partial charge >= 0.3 is 7.69 Å². The first-order valence-electron chi connectivity index (χ1n) is 4.96. The highest BCUT2D eigenvalue weighted by atomic mass is 16.5. The number of benzene rings is 1. The molecule has 0 atom stereocenters. The monoisotopic (exact) mass is 230 g/mol. The maximum atomic E-state index is 7.00. The van der Waals surface area contributed by atoms with E-state index in [1.165, 1.54) is 0 Å². The zero-order chi connectivity index (χ0) is 12.5. The topological polar surface area (TPSA) is 62.6 Å². The minimum atomic E-state index is 0. The second-order valence-corrected chi connectivity index (χ2v) is 3.09. The summed E-state index contributed by atoms with van der Waals surface area (Å²) in [5.74, 6) is 0.867. The third-order valence-electron chi connectivity index (χ3n) is 2.06. The molecule has 87 valence electrons. The van der Waals surface area contributed by atoms with E-state index in [4.69, 9.17) is 14.8 Å². The van der Waals surface area contributed by atoms with Gasteiger partial charge in [-0.05, 0) is 23.8 Å². The van der Waals surface area contributed by atoms with Gasteiger partial charge < -0.3 is 14.8 Å².